The predicted molar refractivity (Wildman–Crippen MR) is 107 cm³/mol. The molecule has 0 bridgehead atoms. The second-order valence-electron chi connectivity index (χ2n) is 9.15. The van der Waals surface area contributed by atoms with E-state index in [0.717, 1.165) is 19.3 Å². The van der Waals surface area contributed by atoms with E-state index in [9.17, 15) is 18.4 Å². The first-order valence-electron chi connectivity index (χ1n) is 10.7. The summed E-state index contributed by atoms with van der Waals surface area (Å²) in [6, 6.07) is 7.67. The molecule has 1 saturated heterocycles. The second kappa shape index (κ2) is 6.75. The van der Waals surface area contributed by atoms with Crippen LogP contribution in [0.25, 0.3) is 0 Å². The standard InChI is InChI=1S/C22H26F2N4O2/c1-15-5-7-16(8-6-15)21(9-10-21)13-27-20(30)28-17(3-2-4-18(28)25-27)19(29)26-12-11-22(23,24)14-26/h5-8,17H,2-4,9-14H2,1H3/t17-/m0/s1. The average molecular weight is 416 g/mol. The molecule has 0 unspecified atom stereocenters. The number of carbonyl (C=O) groups excluding carboxylic acids is 1. The van der Waals surface area contributed by atoms with Gasteiger partial charge in [0.05, 0.1) is 13.1 Å². The zero-order valence-corrected chi connectivity index (χ0v) is 17.1. The lowest BCUT2D eigenvalue weighted by molar-refractivity contribution is -0.135. The summed E-state index contributed by atoms with van der Waals surface area (Å²) in [5, 5.41) is 4.55. The summed E-state index contributed by atoms with van der Waals surface area (Å²) in [5.74, 6) is -2.63. The molecular weight excluding hydrogens is 390 g/mol. The highest BCUT2D eigenvalue weighted by atomic mass is 19.3. The minimum absolute atomic E-state index is 0.0388. The maximum Gasteiger partial charge on any atom is 0.346 e. The number of rotatable bonds is 4. The van der Waals surface area contributed by atoms with Gasteiger partial charge in [-0.1, -0.05) is 29.8 Å². The van der Waals surface area contributed by atoms with Crippen LogP contribution in [0.4, 0.5) is 8.78 Å². The number of nitrogens with zero attached hydrogens (tertiary/aromatic N) is 4. The third-order valence-electron chi connectivity index (χ3n) is 6.87. The molecule has 1 atom stereocenters. The Morgan fingerprint density at radius 3 is 2.57 bits per heavy atom. The molecule has 5 rings (SSSR count). The number of amides is 1. The summed E-state index contributed by atoms with van der Waals surface area (Å²) in [4.78, 5) is 27.4. The molecule has 1 aromatic heterocycles. The Balaban J connectivity index is 1.42. The quantitative estimate of drug-likeness (QED) is 0.770. The van der Waals surface area contributed by atoms with E-state index in [4.69, 9.17) is 0 Å². The number of aryl methyl sites for hydroxylation is 2. The van der Waals surface area contributed by atoms with E-state index >= 15 is 0 Å². The maximum absolute atomic E-state index is 13.6. The van der Waals surface area contributed by atoms with E-state index in [1.54, 1.807) is 0 Å². The van der Waals surface area contributed by atoms with Crippen molar-refractivity contribution in [2.75, 3.05) is 13.1 Å². The van der Waals surface area contributed by atoms with Gasteiger partial charge >= 0.3 is 5.69 Å². The van der Waals surface area contributed by atoms with E-state index in [2.05, 4.69) is 29.4 Å². The normalized spacial score (nSPS) is 24.0. The van der Waals surface area contributed by atoms with Crippen molar-refractivity contribution in [1.29, 1.82) is 0 Å². The highest BCUT2D eigenvalue weighted by molar-refractivity contribution is 5.81. The van der Waals surface area contributed by atoms with Gasteiger partial charge in [0, 0.05) is 24.8 Å². The molecule has 2 fully saturated rings. The van der Waals surface area contributed by atoms with Crippen molar-refractivity contribution in [3.05, 3.63) is 51.7 Å². The Labute approximate surface area is 173 Å². The average Bonchev–Trinajstić information content (AvgIpc) is 3.31. The summed E-state index contributed by atoms with van der Waals surface area (Å²) in [5.41, 5.74) is 2.02. The van der Waals surface area contributed by atoms with E-state index in [1.165, 1.54) is 25.3 Å². The molecule has 1 amide bonds. The summed E-state index contributed by atoms with van der Waals surface area (Å²) in [7, 11) is 0. The second-order valence-corrected chi connectivity index (χ2v) is 9.15. The summed E-state index contributed by atoms with van der Waals surface area (Å²) < 4.78 is 30.2. The minimum atomic E-state index is -2.84. The molecule has 1 aromatic carbocycles. The number of likely N-dealkylation sites (tertiary alicyclic amines) is 1. The molecule has 0 radical (unpaired) electrons. The Morgan fingerprint density at radius 1 is 1.20 bits per heavy atom. The number of fused-ring (bicyclic) bond motifs is 1. The Kier molecular flexibility index (Phi) is 4.38. The molecule has 160 valence electrons. The molecule has 30 heavy (non-hydrogen) atoms. The van der Waals surface area contributed by atoms with Crippen molar-refractivity contribution in [3.8, 4) is 0 Å². The number of hydrogen-bond donors (Lipinski definition) is 0. The van der Waals surface area contributed by atoms with Crippen molar-refractivity contribution in [2.45, 2.75) is 69.4 Å². The molecule has 3 heterocycles. The molecule has 2 aromatic rings. The van der Waals surface area contributed by atoms with Gasteiger partial charge in [0.2, 0.25) is 5.91 Å². The SMILES string of the molecule is Cc1ccc(C2(Cn3nc4n(c3=O)[C@H](C(=O)N3CCC(F)(F)C3)CCC4)CC2)cc1. The summed E-state index contributed by atoms with van der Waals surface area (Å²) >= 11 is 0. The predicted octanol–water partition coefficient (Wildman–Crippen LogP) is 2.83. The van der Waals surface area contributed by atoms with Crippen LogP contribution < -0.4 is 5.69 Å². The number of carbonyl (C=O) groups is 1. The van der Waals surface area contributed by atoms with Gasteiger partial charge in [-0.25, -0.2) is 18.3 Å². The number of halogens is 2. The minimum Gasteiger partial charge on any atom is -0.335 e. The molecule has 6 nitrogen and oxygen atoms in total. The number of hydrogen-bond acceptors (Lipinski definition) is 3. The zero-order valence-electron chi connectivity index (χ0n) is 17.1. The van der Waals surface area contributed by atoms with Crippen LogP contribution in [0.2, 0.25) is 0 Å². The van der Waals surface area contributed by atoms with Crippen molar-refractivity contribution in [1.82, 2.24) is 19.2 Å². The summed E-state index contributed by atoms with van der Waals surface area (Å²) in [6.45, 7) is 2.01. The van der Waals surface area contributed by atoms with E-state index in [-0.39, 0.29) is 30.0 Å². The van der Waals surface area contributed by atoms with Gasteiger partial charge < -0.3 is 4.90 Å². The molecular formula is C22H26F2N4O2. The first-order valence-corrected chi connectivity index (χ1v) is 10.7. The number of alkyl halides is 2. The fourth-order valence-corrected chi connectivity index (χ4v) is 4.89. The van der Waals surface area contributed by atoms with E-state index in [1.807, 2.05) is 6.92 Å². The fourth-order valence-electron chi connectivity index (χ4n) is 4.89. The number of benzene rings is 1. The van der Waals surface area contributed by atoms with Gasteiger partial charge in [-0.15, -0.1) is 0 Å². The molecule has 0 spiro atoms. The third-order valence-corrected chi connectivity index (χ3v) is 6.87. The van der Waals surface area contributed by atoms with Crippen molar-refractivity contribution < 1.29 is 13.6 Å². The van der Waals surface area contributed by atoms with Crippen LogP contribution in [0.3, 0.4) is 0 Å². The molecule has 8 heteroatoms. The van der Waals surface area contributed by atoms with Gasteiger partial charge in [0.25, 0.3) is 5.92 Å². The van der Waals surface area contributed by atoms with Crippen LogP contribution >= 0.6 is 0 Å². The van der Waals surface area contributed by atoms with Crippen LogP contribution in [-0.4, -0.2) is 44.2 Å². The molecule has 1 saturated carbocycles. The van der Waals surface area contributed by atoms with Crippen LogP contribution in [0.15, 0.2) is 29.1 Å². The van der Waals surface area contributed by atoms with Gasteiger partial charge in [-0.05, 0) is 38.2 Å². The first-order chi connectivity index (χ1) is 14.3. The van der Waals surface area contributed by atoms with E-state index < -0.39 is 18.5 Å². The third kappa shape index (κ3) is 3.26. The molecule has 3 aliphatic rings. The lowest BCUT2D eigenvalue weighted by Crippen LogP contribution is -2.42. The van der Waals surface area contributed by atoms with Crippen LogP contribution in [-0.2, 0) is 23.2 Å². The molecule has 0 N–H and O–H groups in total. The van der Waals surface area contributed by atoms with Crippen molar-refractivity contribution in [2.24, 2.45) is 0 Å². The zero-order chi connectivity index (χ0) is 21.1. The Bertz CT molecular complexity index is 1040. The Morgan fingerprint density at radius 2 is 1.93 bits per heavy atom. The van der Waals surface area contributed by atoms with Crippen LogP contribution in [0, 0.1) is 6.92 Å². The van der Waals surface area contributed by atoms with Crippen LogP contribution in [0.1, 0.15) is 55.1 Å². The number of aromatic nitrogens is 3. The summed E-state index contributed by atoms with van der Waals surface area (Å²) in [6.07, 6.45) is 3.51. The van der Waals surface area contributed by atoms with Crippen LogP contribution in [0.5, 0.6) is 0 Å². The fraction of sp³-hybridized carbons (Fsp3) is 0.591. The van der Waals surface area contributed by atoms with Gasteiger partial charge in [0.15, 0.2) is 0 Å². The topological polar surface area (TPSA) is 60.1 Å². The molecule has 1 aliphatic carbocycles. The first kappa shape index (κ1) is 19.5. The Hall–Kier alpha value is -2.51. The van der Waals surface area contributed by atoms with E-state index in [0.29, 0.717) is 25.2 Å². The van der Waals surface area contributed by atoms with Gasteiger partial charge in [-0.2, -0.15) is 5.10 Å². The monoisotopic (exact) mass is 416 g/mol. The maximum atomic E-state index is 13.6. The lowest BCUT2D eigenvalue weighted by Gasteiger charge is -2.27. The van der Waals surface area contributed by atoms with Gasteiger partial charge in [0.1, 0.15) is 11.9 Å². The van der Waals surface area contributed by atoms with Crippen molar-refractivity contribution in [3.63, 3.8) is 0 Å². The van der Waals surface area contributed by atoms with Gasteiger partial charge in [-0.3, -0.25) is 9.36 Å². The highest BCUT2D eigenvalue weighted by Gasteiger charge is 2.46. The smallest absolute Gasteiger partial charge is 0.335 e. The molecule has 2 aliphatic heterocycles. The van der Waals surface area contributed by atoms with Crippen molar-refractivity contribution >= 4 is 5.91 Å². The lowest BCUT2D eigenvalue weighted by atomic mass is 9.95. The highest BCUT2D eigenvalue weighted by Crippen LogP contribution is 2.49. The largest absolute Gasteiger partial charge is 0.346 e.